The Hall–Kier alpha value is -3.08. The van der Waals surface area contributed by atoms with Gasteiger partial charge in [-0.25, -0.2) is 5.43 Å². The molecule has 0 unspecified atom stereocenters. The zero-order valence-corrected chi connectivity index (χ0v) is 13.0. The molecule has 0 aliphatic heterocycles. The molecule has 0 fully saturated rings. The summed E-state index contributed by atoms with van der Waals surface area (Å²) in [5.41, 5.74) is 5.62. The first-order valence-corrected chi connectivity index (χ1v) is 7.24. The Morgan fingerprint density at radius 1 is 1.13 bits per heavy atom. The second kappa shape index (κ2) is 6.36. The van der Waals surface area contributed by atoms with E-state index in [0.29, 0.717) is 5.56 Å². The van der Waals surface area contributed by atoms with E-state index in [2.05, 4.69) is 15.5 Å². The Bertz CT molecular complexity index is 863. The molecule has 116 valence electrons. The normalized spacial score (nSPS) is 11.5. The number of aromatic nitrogens is 1. The van der Waals surface area contributed by atoms with E-state index in [1.54, 1.807) is 13.2 Å². The van der Waals surface area contributed by atoms with E-state index in [-0.39, 0.29) is 5.91 Å². The lowest BCUT2D eigenvalue weighted by atomic mass is 10.1. The third kappa shape index (κ3) is 3.08. The van der Waals surface area contributed by atoms with Gasteiger partial charge in [-0.15, -0.1) is 0 Å². The summed E-state index contributed by atoms with van der Waals surface area (Å²) in [6, 6.07) is 15.0. The third-order valence-electron chi connectivity index (χ3n) is 3.66. The van der Waals surface area contributed by atoms with Crippen LogP contribution >= 0.6 is 0 Å². The maximum Gasteiger partial charge on any atom is 0.273 e. The molecule has 23 heavy (non-hydrogen) atoms. The smallest absolute Gasteiger partial charge is 0.273 e. The van der Waals surface area contributed by atoms with Gasteiger partial charge in [-0.1, -0.05) is 12.1 Å². The number of hydrogen-bond donors (Lipinski definition) is 2. The molecule has 3 rings (SSSR count). The number of nitrogens with one attached hydrogen (secondary N) is 2. The van der Waals surface area contributed by atoms with Crippen LogP contribution in [0.4, 0.5) is 0 Å². The molecule has 1 amide bonds. The molecule has 0 saturated heterocycles. The number of hydrazone groups is 1. The van der Waals surface area contributed by atoms with E-state index in [1.165, 1.54) is 0 Å². The van der Waals surface area contributed by atoms with Gasteiger partial charge in [0.2, 0.25) is 0 Å². The van der Waals surface area contributed by atoms with Crippen molar-refractivity contribution in [3.8, 4) is 5.75 Å². The minimum atomic E-state index is -0.245. The van der Waals surface area contributed by atoms with Crippen LogP contribution < -0.4 is 10.2 Å². The van der Waals surface area contributed by atoms with Gasteiger partial charge >= 0.3 is 0 Å². The van der Waals surface area contributed by atoms with Gasteiger partial charge in [0.1, 0.15) is 5.75 Å². The first-order valence-electron chi connectivity index (χ1n) is 7.24. The molecule has 0 spiro atoms. The van der Waals surface area contributed by atoms with E-state index in [4.69, 9.17) is 4.74 Å². The number of nitrogens with zero attached hydrogens (tertiary/aromatic N) is 1. The number of fused-ring (bicyclic) bond motifs is 1. The summed E-state index contributed by atoms with van der Waals surface area (Å²) in [5.74, 6) is 0.537. The number of para-hydroxylation sites is 1. The minimum absolute atomic E-state index is 0.245. The molecule has 0 radical (unpaired) electrons. The highest BCUT2D eigenvalue weighted by atomic mass is 16.5. The zero-order chi connectivity index (χ0) is 16.2. The lowest BCUT2D eigenvalue weighted by Crippen LogP contribution is -2.19. The lowest BCUT2D eigenvalue weighted by Gasteiger charge is -2.05. The van der Waals surface area contributed by atoms with Crippen molar-refractivity contribution in [2.45, 2.75) is 6.92 Å². The number of aromatic amines is 1. The molecular formula is C18H17N3O2. The Balaban J connectivity index is 1.78. The van der Waals surface area contributed by atoms with E-state index in [9.17, 15) is 4.79 Å². The lowest BCUT2D eigenvalue weighted by molar-refractivity contribution is 0.0956. The van der Waals surface area contributed by atoms with E-state index >= 15 is 0 Å². The molecule has 1 heterocycles. The number of rotatable bonds is 4. The predicted octanol–water partition coefficient (Wildman–Crippen LogP) is 3.33. The van der Waals surface area contributed by atoms with Gasteiger partial charge in [0.05, 0.1) is 23.9 Å². The Morgan fingerprint density at radius 3 is 2.65 bits per heavy atom. The molecule has 0 saturated carbocycles. The number of hydrogen-bond acceptors (Lipinski definition) is 3. The van der Waals surface area contributed by atoms with Crippen LogP contribution in [-0.2, 0) is 0 Å². The highest BCUT2D eigenvalue weighted by molar-refractivity contribution is 6.06. The van der Waals surface area contributed by atoms with Crippen molar-refractivity contribution in [3.63, 3.8) is 0 Å². The van der Waals surface area contributed by atoms with Crippen LogP contribution in [0.1, 0.15) is 22.8 Å². The fraction of sp³-hybridized carbons (Fsp3) is 0.111. The number of benzene rings is 2. The molecule has 1 aromatic heterocycles. The summed E-state index contributed by atoms with van der Waals surface area (Å²) in [5, 5.41) is 5.17. The first kappa shape index (κ1) is 14.8. The molecule has 2 N–H and O–H groups in total. The predicted molar refractivity (Wildman–Crippen MR) is 91.0 cm³/mol. The summed E-state index contributed by atoms with van der Waals surface area (Å²) in [6.07, 6.45) is 1.81. The van der Waals surface area contributed by atoms with Crippen LogP contribution in [0.3, 0.4) is 0 Å². The van der Waals surface area contributed by atoms with Gasteiger partial charge in [0.25, 0.3) is 5.91 Å². The van der Waals surface area contributed by atoms with Crippen molar-refractivity contribution in [2.24, 2.45) is 5.10 Å². The summed E-state index contributed by atoms with van der Waals surface area (Å²) in [4.78, 5) is 15.4. The van der Waals surface area contributed by atoms with Crippen molar-refractivity contribution in [1.82, 2.24) is 10.4 Å². The second-order valence-corrected chi connectivity index (χ2v) is 5.11. The van der Waals surface area contributed by atoms with Crippen LogP contribution in [0.25, 0.3) is 10.9 Å². The topological polar surface area (TPSA) is 66.5 Å². The highest BCUT2D eigenvalue weighted by Crippen LogP contribution is 2.17. The van der Waals surface area contributed by atoms with Crippen LogP contribution in [0.2, 0.25) is 0 Å². The number of carbonyl (C=O) groups excluding carboxylic acids is 1. The van der Waals surface area contributed by atoms with Crippen molar-refractivity contribution < 1.29 is 9.53 Å². The number of ether oxygens (including phenoxy) is 1. The molecule has 0 bridgehead atoms. The Morgan fingerprint density at radius 2 is 1.91 bits per heavy atom. The van der Waals surface area contributed by atoms with Crippen molar-refractivity contribution in [2.75, 3.05) is 7.11 Å². The fourth-order valence-electron chi connectivity index (χ4n) is 2.37. The largest absolute Gasteiger partial charge is 0.497 e. The van der Waals surface area contributed by atoms with Gasteiger partial charge in [-0.3, -0.25) is 4.79 Å². The highest BCUT2D eigenvalue weighted by Gasteiger charge is 2.10. The molecule has 2 aromatic carbocycles. The van der Waals surface area contributed by atoms with Gasteiger partial charge in [-0.05, 0) is 48.9 Å². The molecule has 0 atom stereocenters. The average Bonchev–Trinajstić information content (AvgIpc) is 3.08. The Labute approximate surface area is 134 Å². The Kier molecular flexibility index (Phi) is 4.10. The molecule has 5 nitrogen and oxygen atoms in total. The third-order valence-corrected chi connectivity index (χ3v) is 3.66. The number of H-pyrrole nitrogens is 1. The molecule has 0 aliphatic carbocycles. The number of carbonyl (C=O) groups is 1. The zero-order valence-electron chi connectivity index (χ0n) is 13.0. The first-order chi connectivity index (χ1) is 11.2. The molecule has 3 aromatic rings. The number of amides is 1. The molecule has 5 heteroatoms. The van der Waals surface area contributed by atoms with Crippen LogP contribution in [0, 0.1) is 0 Å². The maximum atomic E-state index is 12.3. The summed E-state index contributed by atoms with van der Waals surface area (Å²) < 4.78 is 5.13. The number of methoxy groups -OCH3 is 1. The summed E-state index contributed by atoms with van der Waals surface area (Å²) in [7, 11) is 1.62. The quantitative estimate of drug-likeness (QED) is 0.573. The van der Waals surface area contributed by atoms with Gasteiger partial charge in [0, 0.05) is 11.6 Å². The van der Waals surface area contributed by atoms with Crippen molar-refractivity contribution in [1.29, 1.82) is 0 Å². The standard InChI is InChI=1S/C18H17N3O2/c1-12(13-6-8-15(23-2)9-7-13)20-21-18(22)16-5-3-4-14-10-11-19-17(14)16/h3-11,19H,1-2H3,(H,21,22)/b20-12-. The van der Waals surface area contributed by atoms with Crippen molar-refractivity contribution >= 4 is 22.5 Å². The average molecular weight is 307 g/mol. The van der Waals surface area contributed by atoms with Crippen molar-refractivity contribution in [3.05, 3.63) is 65.9 Å². The van der Waals surface area contributed by atoms with Crippen LogP contribution in [0.15, 0.2) is 59.8 Å². The van der Waals surface area contributed by atoms with E-state index in [1.807, 2.05) is 55.6 Å². The summed E-state index contributed by atoms with van der Waals surface area (Å²) in [6.45, 7) is 1.84. The molecule has 0 aliphatic rings. The van der Waals surface area contributed by atoms with Crippen LogP contribution in [-0.4, -0.2) is 23.7 Å². The summed E-state index contributed by atoms with van der Waals surface area (Å²) >= 11 is 0. The van der Waals surface area contributed by atoms with Gasteiger partial charge in [0.15, 0.2) is 0 Å². The van der Waals surface area contributed by atoms with E-state index in [0.717, 1.165) is 27.9 Å². The second-order valence-electron chi connectivity index (χ2n) is 5.11. The minimum Gasteiger partial charge on any atom is -0.497 e. The fourth-order valence-corrected chi connectivity index (χ4v) is 2.37. The van der Waals surface area contributed by atoms with Gasteiger partial charge < -0.3 is 9.72 Å². The SMILES string of the molecule is COc1ccc(/C(C)=N\NC(=O)c2cccc3cc[nH]c23)cc1. The van der Waals surface area contributed by atoms with Gasteiger partial charge in [-0.2, -0.15) is 5.10 Å². The van der Waals surface area contributed by atoms with E-state index < -0.39 is 0 Å². The monoisotopic (exact) mass is 307 g/mol. The molecular weight excluding hydrogens is 290 g/mol. The van der Waals surface area contributed by atoms with Crippen LogP contribution in [0.5, 0.6) is 5.75 Å². The maximum absolute atomic E-state index is 12.3.